The SMILES string of the molecule is C#C[C@@H](O)[C@@H](O[C@@H](CO)COC(Cc1ccc(-c2ccc[nH]c2=O)cc1)(C(=O)O)C(=O)O)n1cnc2c(NC)nc(Cl)nc21. The van der Waals surface area contributed by atoms with Crippen LogP contribution in [0.4, 0.5) is 5.82 Å². The van der Waals surface area contributed by atoms with Gasteiger partial charge in [-0.3, -0.25) is 9.36 Å². The average molecular weight is 627 g/mol. The fourth-order valence-electron chi connectivity index (χ4n) is 4.35. The van der Waals surface area contributed by atoms with Gasteiger partial charge in [0.05, 0.1) is 19.5 Å². The molecule has 0 radical (unpaired) electrons. The third-order valence-corrected chi connectivity index (χ3v) is 6.79. The topological polar surface area (TPSA) is 222 Å². The van der Waals surface area contributed by atoms with Gasteiger partial charge in [-0.2, -0.15) is 9.97 Å². The van der Waals surface area contributed by atoms with Crippen molar-refractivity contribution in [1.82, 2.24) is 24.5 Å². The van der Waals surface area contributed by atoms with E-state index in [9.17, 15) is 34.8 Å². The number of fused-ring (bicyclic) bond motifs is 1. The van der Waals surface area contributed by atoms with Gasteiger partial charge in [0.1, 0.15) is 6.10 Å². The number of halogens is 1. The summed E-state index contributed by atoms with van der Waals surface area (Å²) in [5.74, 6) is -1.24. The zero-order chi connectivity index (χ0) is 32.0. The van der Waals surface area contributed by atoms with Crippen LogP contribution in [0.15, 0.2) is 53.7 Å². The molecule has 15 nitrogen and oxygen atoms in total. The largest absolute Gasteiger partial charge is 0.479 e. The van der Waals surface area contributed by atoms with Crippen LogP contribution in [0, 0.1) is 12.3 Å². The first kappa shape index (κ1) is 32.1. The third kappa shape index (κ3) is 6.54. The number of hydrogen-bond donors (Lipinski definition) is 6. The smallest absolute Gasteiger partial charge is 0.348 e. The number of rotatable bonds is 14. The van der Waals surface area contributed by atoms with Gasteiger partial charge < -0.3 is 40.2 Å². The predicted octanol–water partition coefficient (Wildman–Crippen LogP) is 0.914. The second-order valence-electron chi connectivity index (χ2n) is 9.39. The standard InChI is InChI=1S/C28H27ClN6O9/c1-3-19(37)24(35-14-32-20-21(30-2)33-27(29)34-22(20)35)44-17(12-36)13-43-28(25(39)40,26(41)42)11-15-6-8-16(9-7-15)18-5-4-10-31-23(18)38/h1,4-10,14,17,19,24,36-37H,11-13H2,2H3,(H,31,38)(H,39,40)(H,41,42)(H,30,33,34)/t17-,19+,24+/m0/s1. The Bertz CT molecular complexity index is 1740. The number of carboxylic acids is 2. The summed E-state index contributed by atoms with van der Waals surface area (Å²) in [7, 11) is 1.58. The van der Waals surface area contributed by atoms with Crippen LogP contribution in [-0.4, -0.2) is 94.9 Å². The first-order valence-corrected chi connectivity index (χ1v) is 13.3. The number of anilines is 1. The quantitative estimate of drug-likeness (QED) is 0.0651. The molecule has 0 bridgehead atoms. The van der Waals surface area contributed by atoms with Crippen LogP contribution in [0.2, 0.25) is 5.28 Å². The number of ether oxygens (including phenoxy) is 2. The second kappa shape index (κ2) is 13.6. The number of imidazole rings is 1. The number of nitrogens with zero attached hydrogens (tertiary/aromatic N) is 4. The van der Waals surface area contributed by atoms with E-state index >= 15 is 0 Å². The Balaban J connectivity index is 1.58. The Morgan fingerprint density at radius 3 is 2.50 bits per heavy atom. The van der Waals surface area contributed by atoms with Gasteiger partial charge in [-0.1, -0.05) is 30.2 Å². The van der Waals surface area contributed by atoms with Crippen molar-refractivity contribution in [2.45, 2.75) is 30.5 Å². The number of aliphatic carboxylic acids is 2. The van der Waals surface area contributed by atoms with E-state index in [0.717, 1.165) is 0 Å². The highest BCUT2D eigenvalue weighted by molar-refractivity contribution is 6.28. The lowest BCUT2D eigenvalue weighted by Crippen LogP contribution is -2.52. The fourth-order valence-corrected chi connectivity index (χ4v) is 4.51. The van der Waals surface area contributed by atoms with Crippen molar-refractivity contribution in [2.75, 3.05) is 25.6 Å². The molecule has 0 amide bonds. The third-order valence-electron chi connectivity index (χ3n) is 6.62. The molecular formula is C28H27ClN6O9. The zero-order valence-corrected chi connectivity index (χ0v) is 23.8. The lowest BCUT2D eigenvalue weighted by molar-refractivity contribution is -0.195. The van der Waals surface area contributed by atoms with Gasteiger partial charge in [-0.05, 0) is 34.9 Å². The van der Waals surface area contributed by atoms with Gasteiger partial charge in [-0.25, -0.2) is 14.6 Å². The molecule has 4 aromatic rings. The molecule has 6 N–H and O–H groups in total. The van der Waals surface area contributed by atoms with Crippen molar-refractivity contribution in [3.63, 3.8) is 0 Å². The number of carbonyl (C=O) groups is 2. The van der Waals surface area contributed by atoms with Crippen LogP contribution >= 0.6 is 11.6 Å². The molecule has 4 rings (SSSR count). The molecule has 0 fully saturated rings. The van der Waals surface area contributed by atoms with Crippen LogP contribution in [0.25, 0.3) is 22.3 Å². The van der Waals surface area contributed by atoms with Gasteiger partial charge >= 0.3 is 11.9 Å². The minimum absolute atomic E-state index is 0.109. The Morgan fingerprint density at radius 2 is 1.91 bits per heavy atom. The van der Waals surface area contributed by atoms with E-state index in [-0.39, 0.29) is 33.4 Å². The molecule has 0 spiro atoms. The van der Waals surface area contributed by atoms with Crippen molar-refractivity contribution in [2.24, 2.45) is 0 Å². The highest BCUT2D eigenvalue weighted by Crippen LogP contribution is 2.28. The summed E-state index contributed by atoms with van der Waals surface area (Å²) >= 11 is 6.02. The summed E-state index contributed by atoms with van der Waals surface area (Å²) in [5.41, 5.74) is -1.60. The maximum Gasteiger partial charge on any atom is 0.348 e. The average Bonchev–Trinajstić information content (AvgIpc) is 3.43. The molecule has 0 saturated carbocycles. The van der Waals surface area contributed by atoms with E-state index in [1.807, 2.05) is 0 Å². The van der Waals surface area contributed by atoms with E-state index in [0.29, 0.717) is 11.1 Å². The number of aliphatic hydroxyl groups excluding tert-OH is 2. The van der Waals surface area contributed by atoms with Crippen molar-refractivity contribution in [3.05, 3.63) is 70.1 Å². The number of pyridine rings is 1. The number of hydrogen-bond acceptors (Lipinski definition) is 11. The highest BCUT2D eigenvalue weighted by atomic mass is 35.5. The number of terminal acetylenes is 1. The fraction of sp³-hybridized carbons (Fsp3) is 0.286. The summed E-state index contributed by atoms with van der Waals surface area (Å²) in [4.78, 5) is 51.7. The summed E-state index contributed by atoms with van der Waals surface area (Å²) in [6, 6.07) is 9.28. The van der Waals surface area contributed by atoms with Crippen LogP contribution in [0.5, 0.6) is 0 Å². The van der Waals surface area contributed by atoms with E-state index in [1.165, 1.54) is 29.2 Å². The number of carboxylic acid groups (broad SMARTS) is 2. The van der Waals surface area contributed by atoms with Gasteiger partial charge in [0.25, 0.3) is 11.2 Å². The van der Waals surface area contributed by atoms with E-state index in [4.69, 9.17) is 27.5 Å². The van der Waals surface area contributed by atoms with Gasteiger partial charge in [0.15, 0.2) is 29.3 Å². The van der Waals surface area contributed by atoms with Gasteiger partial charge in [0.2, 0.25) is 5.28 Å². The van der Waals surface area contributed by atoms with Crippen LogP contribution in [0.3, 0.4) is 0 Å². The Kier molecular flexibility index (Phi) is 9.94. The molecule has 0 unspecified atom stereocenters. The molecule has 0 aliphatic heterocycles. The van der Waals surface area contributed by atoms with Crippen molar-refractivity contribution >= 4 is 40.5 Å². The van der Waals surface area contributed by atoms with Crippen LogP contribution in [-0.2, 0) is 25.5 Å². The Labute approximate surface area is 254 Å². The summed E-state index contributed by atoms with van der Waals surface area (Å²) in [6.45, 7) is -1.53. The Hall–Kier alpha value is -4.85. The maximum absolute atomic E-state index is 12.3. The maximum atomic E-state index is 12.3. The molecule has 3 atom stereocenters. The van der Waals surface area contributed by atoms with Crippen molar-refractivity contribution < 1.29 is 39.5 Å². The van der Waals surface area contributed by atoms with E-state index < -0.39 is 55.6 Å². The molecule has 230 valence electrons. The Morgan fingerprint density at radius 1 is 1.20 bits per heavy atom. The first-order chi connectivity index (χ1) is 21.0. The van der Waals surface area contributed by atoms with E-state index in [1.54, 1.807) is 31.3 Å². The molecule has 3 heterocycles. The van der Waals surface area contributed by atoms with Gasteiger partial charge in [0, 0.05) is 25.2 Å². The minimum atomic E-state index is -2.80. The van der Waals surface area contributed by atoms with E-state index in [2.05, 4.69) is 31.2 Å². The zero-order valence-electron chi connectivity index (χ0n) is 23.0. The molecule has 0 aliphatic rings. The summed E-state index contributed by atoms with van der Waals surface area (Å²) < 4.78 is 12.5. The number of benzene rings is 1. The first-order valence-electron chi connectivity index (χ1n) is 12.9. The normalized spacial score (nSPS) is 13.6. The van der Waals surface area contributed by atoms with Crippen molar-refractivity contribution in [1.29, 1.82) is 0 Å². The summed E-state index contributed by atoms with van der Waals surface area (Å²) in [6.07, 6.45) is 3.08. The number of aromatic nitrogens is 5. The number of aromatic amines is 1. The highest BCUT2D eigenvalue weighted by Gasteiger charge is 2.49. The molecule has 1 aromatic carbocycles. The summed E-state index contributed by atoms with van der Waals surface area (Å²) in [5, 5.41) is 43.3. The predicted molar refractivity (Wildman–Crippen MR) is 156 cm³/mol. The molecule has 0 saturated heterocycles. The molecule has 0 aliphatic carbocycles. The van der Waals surface area contributed by atoms with Crippen LogP contribution in [0.1, 0.15) is 11.8 Å². The van der Waals surface area contributed by atoms with Gasteiger partial charge in [-0.15, -0.1) is 6.42 Å². The molecule has 16 heteroatoms. The van der Waals surface area contributed by atoms with Crippen LogP contribution < -0.4 is 10.9 Å². The number of H-pyrrole nitrogens is 1. The van der Waals surface area contributed by atoms with Crippen molar-refractivity contribution in [3.8, 4) is 23.5 Å². The minimum Gasteiger partial charge on any atom is -0.479 e. The number of aliphatic hydroxyl groups is 2. The lowest BCUT2D eigenvalue weighted by Gasteiger charge is -2.30. The second-order valence-corrected chi connectivity index (χ2v) is 9.73. The number of nitrogens with one attached hydrogen (secondary N) is 2. The molecule has 3 aromatic heterocycles. The molecular weight excluding hydrogens is 600 g/mol. The molecule has 44 heavy (non-hydrogen) atoms. The monoisotopic (exact) mass is 626 g/mol. The lowest BCUT2D eigenvalue weighted by atomic mass is 9.93.